The van der Waals surface area contributed by atoms with E-state index in [1.807, 2.05) is 19.2 Å². The van der Waals surface area contributed by atoms with Crippen LogP contribution in [0.3, 0.4) is 0 Å². The standard InChI is InChI=1S/C21H23F2N3O/c1-10-9-25-18-11(10)6-5-7-12(18)15-13(22)8-14-16(17(15)23)19(24-4)20(27)21(2,3)26-14/h5-9,19-20,24-27H,1-4H3/t19-,20+/m0/s1. The molecule has 4 nitrogen and oxygen atoms in total. The predicted octanol–water partition coefficient (Wildman–Crippen LogP) is 4.25. The van der Waals surface area contributed by atoms with E-state index < -0.39 is 29.3 Å². The Labute approximate surface area is 156 Å². The summed E-state index contributed by atoms with van der Waals surface area (Å²) in [6.07, 6.45) is 0.943. The Hall–Kier alpha value is -2.44. The van der Waals surface area contributed by atoms with E-state index in [4.69, 9.17) is 0 Å². The number of aliphatic hydroxyl groups is 1. The van der Waals surface area contributed by atoms with E-state index in [9.17, 15) is 5.11 Å². The third-order valence-corrected chi connectivity index (χ3v) is 5.58. The number of aromatic amines is 1. The number of hydrogen-bond donors (Lipinski definition) is 4. The molecule has 0 spiro atoms. The van der Waals surface area contributed by atoms with E-state index in [0.717, 1.165) is 10.9 Å². The Morgan fingerprint density at radius 2 is 1.96 bits per heavy atom. The van der Waals surface area contributed by atoms with Crippen molar-refractivity contribution in [3.8, 4) is 11.1 Å². The molecule has 4 rings (SSSR count). The van der Waals surface area contributed by atoms with Crippen molar-refractivity contribution in [2.45, 2.75) is 38.5 Å². The quantitative estimate of drug-likeness (QED) is 0.545. The molecule has 1 aliphatic heterocycles. The van der Waals surface area contributed by atoms with Gasteiger partial charge in [0.2, 0.25) is 0 Å². The summed E-state index contributed by atoms with van der Waals surface area (Å²) >= 11 is 0. The average molecular weight is 371 g/mol. The fourth-order valence-corrected chi connectivity index (χ4v) is 4.09. The zero-order valence-electron chi connectivity index (χ0n) is 15.7. The number of benzene rings is 2. The normalized spacial score (nSPS) is 21.1. The molecule has 142 valence electrons. The molecule has 2 atom stereocenters. The minimum atomic E-state index is -0.883. The summed E-state index contributed by atoms with van der Waals surface area (Å²) in [5.41, 5.74) is 1.97. The highest BCUT2D eigenvalue weighted by atomic mass is 19.1. The van der Waals surface area contributed by atoms with Gasteiger partial charge in [-0.1, -0.05) is 18.2 Å². The first-order valence-corrected chi connectivity index (χ1v) is 8.98. The van der Waals surface area contributed by atoms with E-state index >= 15 is 8.78 Å². The SMILES string of the molecule is CN[C@H]1c2c(cc(F)c(-c3cccc4c(C)c[nH]c34)c2F)NC(C)(C)[C@@H]1O. The van der Waals surface area contributed by atoms with Crippen LogP contribution in [0, 0.1) is 18.6 Å². The predicted molar refractivity (Wildman–Crippen MR) is 104 cm³/mol. The van der Waals surface area contributed by atoms with Crippen molar-refractivity contribution in [1.82, 2.24) is 10.3 Å². The molecule has 27 heavy (non-hydrogen) atoms. The van der Waals surface area contributed by atoms with E-state index in [0.29, 0.717) is 16.8 Å². The van der Waals surface area contributed by atoms with Crippen molar-refractivity contribution in [1.29, 1.82) is 0 Å². The third-order valence-electron chi connectivity index (χ3n) is 5.58. The highest BCUT2D eigenvalue weighted by molar-refractivity contribution is 5.96. The number of rotatable bonds is 2. The smallest absolute Gasteiger partial charge is 0.140 e. The van der Waals surface area contributed by atoms with E-state index in [-0.39, 0.29) is 11.1 Å². The maximum absolute atomic E-state index is 15.7. The minimum Gasteiger partial charge on any atom is -0.389 e. The lowest BCUT2D eigenvalue weighted by Gasteiger charge is -2.43. The van der Waals surface area contributed by atoms with Crippen LogP contribution in [0.1, 0.15) is 31.0 Å². The Morgan fingerprint density at radius 3 is 2.67 bits per heavy atom. The topological polar surface area (TPSA) is 60.1 Å². The molecule has 0 bridgehead atoms. The van der Waals surface area contributed by atoms with E-state index in [1.165, 1.54) is 6.07 Å². The lowest BCUT2D eigenvalue weighted by Crippen LogP contribution is -2.53. The summed E-state index contributed by atoms with van der Waals surface area (Å²) in [5, 5.41) is 17.7. The Bertz CT molecular complexity index is 1040. The number of halogens is 2. The van der Waals surface area contributed by atoms with Gasteiger partial charge in [0.15, 0.2) is 0 Å². The van der Waals surface area contributed by atoms with Crippen molar-refractivity contribution in [3.05, 3.63) is 53.2 Å². The molecule has 0 amide bonds. The van der Waals surface area contributed by atoms with Gasteiger partial charge in [-0.15, -0.1) is 0 Å². The molecule has 4 N–H and O–H groups in total. The molecule has 6 heteroatoms. The fourth-order valence-electron chi connectivity index (χ4n) is 4.09. The zero-order chi connectivity index (χ0) is 19.5. The van der Waals surface area contributed by atoms with Gasteiger partial charge in [0, 0.05) is 28.4 Å². The van der Waals surface area contributed by atoms with Crippen LogP contribution in [0.15, 0.2) is 30.5 Å². The third kappa shape index (κ3) is 2.55. The summed E-state index contributed by atoms with van der Waals surface area (Å²) in [4.78, 5) is 3.12. The first-order valence-electron chi connectivity index (χ1n) is 8.98. The molecule has 1 aromatic heterocycles. The van der Waals surface area contributed by atoms with Gasteiger partial charge in [-0.3, -0.25) is 0 Å². The maximum Gasteiger partial charge on any atom is 0.140 e. The van der Waals surface area contributed by atoms with Crippen LogP contribution in [0.2, 0.25) is 0 Å². The van der Waals surface area contributed by atoms with Crippen molar-refractivity contribution >= 4 is 16.6 Å². The molecular formula is C21H23F2N3O. The lowest BCUT2D eigenvalue weighted by molar-refractivity contribution is 0.0701. The molecule has 2 heterocycles. The molecule has 0 unspecified atom stereocenters. The molecular weight excluding hydrogens is 348 g/mol. The van der Waals surface area contributed by atoms with Crippen LogP contribution in [0.4, 0.5) is 14.5 Å². The number of H-pyrrole nitrogens is 1. The van der Waals surface area contributed by atoms with Crippen molar-refractivity contribution in [3.63, 3.8) is 0 Å². The first kappa shape index (κ1) is 17.9. The monoisotopic (exact) mass is 371 g/mol. The fraction of sp³-hybridized carbons (Fsp3) is 0.333. The summed E-state index contributed by atoms with van der Waals surface area (Å²) < 4.78 is 30.7. The highest BCUT2D eigenvalue weighted by Crippen LogP contribution is 2.44. The average Bonchev–Trinajstić information content (AvgIpc) is 2.98. The summed E-state index contributed by atoms with van der Waals surface area (Å²) in [7, 11) is 1.66. The molecule has 0 fully saturated rings. The number of aryl methyl sites for hydroxylation is 1. The number of fused-ring (bicyclic) bond motifs is 2. The van der Waals surface area contributed by atoms with Crippen LogP contribution in [0.25, 0.3) is 22.0 Å². The van der Waals surface area contributed by atoms with Crippen LogP contribution < -0.4 is 10.6 Å². The summed E-state index contributed by atoms with van der Waals surface area (Å²) in [6, 6.07) is 6.09. The maximum atomic E-state index is 15.7. The number of likely N-dealkylation sites (N-methyl/N-ethyl adjacent to an activating group) is 1. The van der Waals surface area contributed by atoms with Gasteiger partial charge in [-0.2, -0.15) is 0 Å². The number of anilines is 1. The summed E-state index contributed by atoms with van der Waals surface area (Å²) in [6.45, 7) is 5.55. The van der Waals surface area contributed by atoms with E-state index in [1.54, 1.807) is 33.0 Å². The second-order valence-corrected chi connectivity index (χ2v) is 7.77. The Morgan fingerprint density at radius 1 is 1.22 bits per heavy atom. The Balaban J connectivity index is 2.01. The van der Waals surface area contributed by atoms with Crippen LogP contribution in [-0.4, -0.2) is 28.8 Å². The van der Waals surface area contributed by atoms with Gasteiger partial charge in [0.25, 0.3) is 0 Å². The molecule has 2 aromatic carbocycles. The van der Waals surface area contributed by atoms with Gasteiger partial charge in [-0.05, 0) is 39.4 Å². The molecule has 3 aromatic rings. The van der Waals surface area contributed by atoms with Gasteiger partial charge >= 0.3 is 0 Å². The zero-order valence-corrected chi connectivity index (χ0v) is 15.7. The lowest BCUT2D eigenvalue weighted by atomic mass is 9.81. The number of nitrogens with one attached hydrogen (secondary N) is 3. The molecule has 0 saturated carbocycles. The van der Waals surface area contributed by atoms with Crippen molar-refractivity contribution < 1.29 is 13.9 Å². The largest absolute Gasteiger partial charge is 0.389 e. The van der Waals surface area contributed by atoms with Crippen LogP contribution in [-0.2, 0) is 0 Å². The van der Waals surface area contributed by atoms with E-state index in [2.05, 4.69) is 15.6 Å². The summed E-state index contributed by atoms with van der Waals surface area (Å²) in [5.74, 6) is -1.30. The molecule has 0 saturated heterocycles. The minimum absolute atomic E-state index is 0.0878. The van der Waals surface area contributed by atoms with Gasteiger partial charge in [0.1, 0.15) is 11.6 Å². The Kier molecular flexibility index (Phi) is 4.01. The highest BCUT2D eigenvalue weighted by Gasteiger charge is 2.42. The first-order chi connectivity index (χ1) is 12.8. The molecule has 0 aliphatic carbocycles. The molecule has 1 aliphatic rings. The van der Waals surface area contributed by atoms with Gasteiger partial charge in [0.05, 0.1) is 28.8 Å². The number of hydrogen-bond acceptors (Lipinski definition) is 3. The second-order valence-electron chi connectivity index (χ2n) is 7.77. The van der Waals surface area contributed by atoms with Crippen LogP contribution >= 0.6 is 0 Å². The van der Waals surface area contributed by atoms with Gasteiger partial charge < -0.3 is 20.7 Å². The number of aromatic nitrogens is 1. The van der Waals surface area contributed by atoms with Crippen molar-refractivity contribution in [2.75, 3.05) is 12.4 Å². The van der Waals surface area contributed by atoms with Crippen LogP contribution in [0.5, 0.6) is 0 Å². The van der Waals surface area contributed by atoms with Crippen molar-refractivity contribution in [2.24, 2.45) is 0 Å². The van der Waals surface area contributed by atoms with Gasteiger partial charge in [-0.25, -0.2) is 8.78 Å². The molecule has 0 radical (unpaired) electrons. The number of para-hydroxylation sites is 1. The second kappa shape index (κ2) is 6.04. The number of aliphatic hydroxyl groups excluding tert-OH is 1.